The second-order valence-corrected chi connectivity index (χ2v) is 11.1. The second kappa shape index (κ2) is 10.2. The second-order valence-electron chi connectivity index (χ2n) is 11.1. The normalized spacial score (nSPS) is 22.0. The van der Waals surface area contributed by atoms with Gasteiger partial charge in [0.05, 0.1) is 11.1 Å². The van der Waals surface area contributed by atoms with E-state index in [2.05, 4.69) is 4.90 Å². The number of nitrogens with zero attached hydrogens (tertiary/aromatic N) is 1. The van der Waals surface area contributed by atoms with E-state index >= 15 is 0 Å². The van der Waals surface area contributed by atoms with Crippen LogP contribution in [0.25, 0.3) is 0 Å². The zero-order chi connectivity index (χ0) is 29.7. The van der Waals surface area contributed by atoms with E-state index in [1.165, 1.54) is 36.4 Å². The molecule has 2 aliphatic rings. The van der Waals surface area contributed by atoms with Crippen LogP contribution in [0.4, 0.5) is 22.0 Å². The summed E-state index contributed by atoms with van der Waals surface area (Å²) in [6.45, 7) is 1.28. The Labute approximate surface area is 233 Å². The largest absolute Gasteiger partial charge is 0.478 e. The zero-order valence-electron chi connectivity index (χ0n) is 22.1. The van der Waals surface area contributed by atoms with E-state index in [-0.39, 0.29) is 23.7 Å². The first kappa shape index (κ1) is 28.7. The number of hydrogen-bond acceptors (Lipinski definition) is 3. The van der Waals surface area contributed by atoms with Gasteiger partial charge in [0.1, 0.15) is 5.82 Å². The van der Waals surface area contributed by atoms with Gasteiger partial charge in [-0.25, -0.2) is 18.4 Å². The van der Waals surface area contributed by atoms with E-state index in [1.54, 1.807) is 18.2 Å². The molecule has 5 rings (SSSR count). The number of carboxylic acid groups (broad SMARTS) is 2. The molecule has 1 fully saturated rings. The summed E-state index contributed by atoms with van der Waals surface area (Å²) < 4.78 is 69.0. The maximum absolute atomic E-state index is 14.9. The predicted molar refractivity (Wildman–Crippen MR) is 140 cm³/mol. The van der Waals surface area contributed by atoms with Crippen molar-refractivity contribution >= 4 is 11.9 Å². The van der Waals surface area contributed by atoms with Gasteiger partial charge in [0, 0.05) is 18.0 Å². The number of likely N-dealkylation sites (tertiary alicyclic amines) is 1. The van der Waals surface area contributed by atoms with Crippen molar-refractivity contribution in [2.45, 2.75) is 62.5 Å². The van der Waals surface area contributed by atoms with Crippen molar-refractivity contribution in [2.24, 2.45) is 0 Å². The maximum Gasteiger partial charge on any atom is 0.426 e. The van der Waals surface area contributed by atoms with Crippen molar-refractivity contribution in [1.82, 2.24) is 4.90 Å². The van der Waals surface area contributed by atoms with Crippen molar-refractivity contribution in [1.29, 1.82) is 0 Å². The zero-order valence-corrected chi connectivity index (χ0v) is 22.1. The van der Waals surface area contributed by atoms with Gasteiger partial charge in [-0.05, 0) is 91.2 Å². The molecule has 10 heteroatoms. The van der Waals surface area contributed by atoms with Crippen molar-refractivity contribution in [3.63, 3.8) is 0 Å². The van der Waals surface area contributed by atoms with E-state index in [9.17, 15) is 41.8 Å². The molecule has 3 aromatic carbocycles. The molecular formula is C31H28F5NO4. The van der Waals surface area contributed by atoms with Gasteiger partial charge in [0.15, 0.2) is 0 Å². The van der Waals surface area contributed by atoms with E-state index < -0.39 is 40.6 Å². The number of carbonyl (C=O) groups is 2. The molecule has 2 N–H and O–H groups in total. The topological polar surface area (TPSA) is 77.8 Å². The molecule has 0 radical (unpaired) electrons. The highest BCUT2D eigenvalue weighted by Gasteiger charge is 2.55. The van der Waals surface area contributed by atoms with Gasteiger partial charge in [0.2, 0.25) is 5.67 Å². The Kier molecular flexibility index (Phi) is 7.18. The predicted octanol–water partition coefficient (Wildman–Crippen LogP) is 6.67. The minimum absolute atomic E-state index is 0.115. The van der Waals surface area contributed by atoms with Gasteiger partial charge in [-0.1, -0.05) is 36.4 Å². The summed E-state index contributed by atoms with van der Waals surface area (Å²) in [7, 11) is 0. The summed E-state index contributed by atoms with van der Waals surface area (Å²) >= 11 is 0. The van der Waals surface area contributed by atoms with Crippen LogP contribution in [0.15, 0.2) is 60.7 Å². The standard InChI is InChI=1S/C31H28F5NO4/c1-29(33,31(34,35)36)22-7-10-25-19(14-22)6-11-26-30(25,16-18-2-8-23(32)9-3-18)12-13-37(26)17-21-5-4-20(27(38)39)15-24(21)28(40)41/h2-5,7-10,14-15,26H,6,11-13,16-17H2,1H3,(H,38,39)(H,40,41)/t26-,29?,30-/m1/s1. The average Bonchev–Trinajstić information content (AvgIpc) is 3.27. The number of aromatic carboxylic acids is 2. The molecule has 41 heavy (non-hydrogen) atoms. The fourth-order valence-corrected chi connectivity index (χ4v) is 6.54. The molecule has 216 valence electrons. The van der Waals surface area contributed by atoms with Gasteiger partial charge < -0.3 is 10.2 Å². The van der Waals surface area contributed by atoms with E-state index in [4.69, 9.17) is 0 Å². The molecule has 0 saturated carbocycles. The van der Waals surface area contributed by atoms with Crippen molar-refractivity contribution < 1.29 is 41.8 Å². The Hall–Kier alpha value is -3.79. The third kappa shape index (κ3) is 5.09. The molecule has 0 amide bonds. The fraction of sp³-hybridized carbons (Fsp3) is 0.355. The van der Waals surface area contributed by atoms with E-state index in [0.717, 1.165) is 17.2 Å². The Morgan fingerprint density at radius 1 is 0.976 bits per heavy atom. The van der Waals surface area contributed by atoms with Crippen molar-refractivity contribution in [3.8, 4) is 0 Å². The fourth-order valence-electron chi connectivity index (χ4n) is 6.54. The molecule has 0 spiro atoms. The lowest BCUT2D eigenvalue weighted by Crippen LogP contribution is -2.47. The number of benzene rings is 3. The lowest BCUT2D eigenvalue weighted by Gasteiger charge is -2.44. The molecule has 1 saturated heterocycles. The van der Waals surface area contributed by atoms with Crippen LogP contribution in [0.5, 0.6) is 0 Å². The maximum atomic E-state index is 14.9. The Balaban J connectivity index is 1.55. The molecule has 1 unspecified atom stereocenters. The molecule has 3 atom stereocenters. The van der Waals surface area contributed by atoms with Crippen LogP contribution in [-0.4, -0.2) is 45.8 Å². The quantitative estimate of drug-likeness (QED) is 0.309. The highest BCUT2D eigenvalue weighted by Crippen LogP contribution is 2.51. The lowest BCUT2D eigenvalue weighted by atomic mass is 9.63. The van der Waals surface area contributed by atoms with Crippen molar-refractivity contribution in [3.05, 3.63) is 105 Å². The summed E-state index contributed by atoms with van der Waals surface area (Å²) in [6.07, 6.45) is -3.11. The summed E-state index contributed by atoms with van der Waals surface area (Å²) in [5.41, 5.74) is -2.11. The number of fused-ring (bicyclic) bond motifs is 3. The highest BCUT2D eigenvalue weighted by molar-refractivity contribution is 5.94. The molecule has 1 aliphatic carbocycles. The SMILES string of the molecule is CC(F)(c1ccc2c(c1)CC[C@H]1N(Cc3ccc(C(=O)O)cc3C(=O)O)CC[C@@]21Cc1ccc(F)cc1)C(F)(F)F. The van der Waals surface area contributed by atoms with Crippen LogP contribution < -0.4 is 0 Å². The molecular weight excluding hydrogens is 545 g/mol. The average molecular weight is 574 g/mol. The van der Waals surface area contributed by atoms with Crippen LogP contribution in [0, 0.1) is 5.82 Å². The summed E-state index contributed by atoms with van der Waals surface area (Å²) in [5, 5.41) is 19.1. The van der Waals surface area contributed by atoms with Crippen LogP contribution in [0.1, 0.15) is 68.3 Å². The minimum Gasteiger partial charge on any atom is -0.478 e. The molecule has 0 aromatic heterocycles. The van der Waals surface area contributed by atoms with Crippen LogP contribution in [0.3, 0.4) is 0 Å². The minimum atomic E-state index is -5.08. The number of halogens is 5. The summed E-state index contributed by atoms with van der Waals surface area (Å²) in [6, 6.07) is 14.0. The first-order valence-electron chi connectivity index (χ1n) is 13.2. The van der Waals surface area contributed by atoms with Crippen LogP contribution >= 0.6 is 0 Å². The number of alkyl halides is 4. The summed E-state index contributed by atoms with van der Waals surface area (Å²) in [4.78, 5) is 25.5. The van der Waals surface area contributed by atoms with Crippen LogP contribution in [0.2, 0.25) is 0 Å². The molecule has 5 nitrogen and oxygen atoms in total. The molecule has 1 heterocycles. The third-order valence-electron chi connectivity index (χ3n) is 8.72. The Bertz CT molecular complexity index is 1500. The highest BCUT2D eigenvalue weighted by atomic mass is 19.4. The first-order valence-corrected chi connectivity index (χ1v) is 13.2. The van der Waals surface area contributed by atoms with E-state index in [1.807, 2.05) is 0 Å². The van der Waals surface area contributed by atoms with E-state index in [0.29, 0.717) is 50.3 Å². The molecule has 3 aromatic rings. The number of carboxylic acids is 2. The monoisotopic (exact) mass is 573 g/mol. The van der Waals surface area contributed by atoms with Gasteiger partial charge in [-0.15, -0.1) is 0 Å². The number of hydrogen-bond donors (Lipinski definition) is 2. The lowest BCUT2D eigenvalue weighted by molar-refractivity contribution is -0.228. The smallest absolute Gasteiger partial charge is 0.426 e. The van der Waals surface area contributed by atoms with Crippen LogP contribution in [-0.2, 0) is 30.5 Å². The molecule has 0 bridgehead atoms. The molecule has 1 aliphatic heterocycles. The Morgan fingerprint density at radius 3 is 2.32 bits per heavy atom. The van der Waals surface area contributed by atoms with Gasteiger partial charge in [-0.2, -0.15) is 13.2 Å². The number of aryl methyl sites for hydroxylation is 1. The van der Waals surface area contributed by atoms with Gasteiger partial charge >= 0.3 is 18.1 Å². The van der Waals surface area contributed by atoms with Gasteiger partial charge in [0.25, 0.3) is 0 Å². The number of rotatable bonds is 7. The van der Waals surface area contributed by atoms with Crippen molar-refractivity contribution in [2.75, 3.05) is 6.54 Å². The Morgan fingerprint density at radius 2 is 1.68 bits per heavy atom. The first-order chi connectivity index (χ1) is 19.2. The summed E-state index contributed by atoms with van der Waals surface area (Å²) in [5.74, 6) is -2.89. The van der Waals surface area contributed by atoms with Gasteiger partial charge in [-0.3, -0.25) is 4.90 Å². The third-order valence-corrected chi connectivity index (χ3v) is 8.72.